The number of hydrogen-bond acceptors (Lipinski definition) is 3. The van der Waals surface area contributed by atoms with Crippen LogP contribution in [0.4, 0.5) is 0 Å². The van der Waals surface area contributed by atoms with E-state index in [4.69, 9.17) is 4.74 Å². The van der Waals surface area contributed by atoms with Gasteiger partial charge in [-0.05, 0) is 30.5 Å². The van der Waals surface area contributed by atoms with Crippen LogP contribution in [0.1, 0.15) is 19.8 Å². The monoisotopic (exact) mass is 338 g/mol. The molecular formula is C21H26N2O2. The van der Waals surface area contributed by atoms with Crippen molar-refractivity contribution in [2.45, 2.75) is 25.8 Å². The first kappa shape index (κ1) is 17.5. The SMILES string of the molecule is CC1CCNCC1NC(=O)CCOc1ccccc1-c1ccccc1. The molecule has 4 heteroatoms. The highest BCUT2D eigenvalue weighted by atomic mass is 16.5. The smallest absolute Gasteiger partial charge is 0.223 e. The fourth-order valence-electron chi connectivity index (χ4n) is 3.16. The zero-order chi connectivity index (χ0) is 17.5. The summed E-state index contributed by atoms with van der Waals surface area (Å²) in [6.45, 7) is 4.46. The molecule has 1 aliphatic rings. The molecule has 2 N–H and O–H groups in total. The lowest BCUT2D eigenvalue weighted by molar-refractivity contribution is -0.122. The predicted molar refractivity (Wildman–Crippen MR) is 101 cm³/mol. The Kier molecular flexibility index (Phi) is 6.07. The Hall–Kier alpha value is -2.33. The van der Waals surface area contributed by atoms with Crippen LogP contribution in [0.5, 0.6) is 5.75 Å². The molecule has 1 saturated heterocycles. The van der Waals surface area contributed by atoms with Crippen LogP contribution < -0.4 is 15.4 Å². The standard InChI is InChI=1S/C21H26N2O2/c1-16-11-13-22-15-19(16)23-21(24)12-14-25-20-10-6-5-9-18(20)17-7-3-2-4-8-17/h2-10,16,19,22H,11-15H2,1H3,(H,23,24). The lowest BCUT2D eigenvalue weighted by Crippen LogP contribution is -2.50. The summed E-state index contributed by atoms with van der Waals surface area (Å²) in [6, 6.07) is 18.3. The maximum Gasteiger partial charge on any atom is 0.223 e. The molecule has 2 unspecified atom stereocenters. The third-order valence-electron chi connectivity index (χ3n) is 4.73. The molecule has 2 aromatic rings. The van der Waals surface area contributed by atoms with Gasteiger partial charge in [0.2, 0.25) is 5.91 Å². The average Bonchev–Trinajstić information content (AvgIpc) is 2.65. The number of rotatable bonds is 6. The molecular weight excluding hydrogens is 312 g/mol. The Labute approximate surface area is 149 Å². The largest absolute Gasteiger partial charge is 0.492 e. The first-order valence-corrected chi connectivity index (χ1v) is 9.01. The van der Waals surface area contributed by atoms with Crippen LogP contribution in [-0.4, -0.2) is 31.6 Å². The zero-order valence-corrected chi connectivity index (χ0v) is 14.7. The number of carbonyl (C=O) groups is 1. The number of benzene rings is 2. The minimum absolute atomic E-state index is 0.0535. The van der Waals surface area contributed by atoms with Crippen molar-refractivity contribution in [1.82, 2.24) is 10.6 Å². The average molecular weight is 338 g/mol. The van der Waals surface area contributed by atoms with Crippen LogP contribution in [-0.2, 0) is 4.79 Å². The summed E-state index contributed by atoms with van der Waals surface area (Å²) in [6.07, 6.45) is 1.47. The van der Waals surface area contributed by atoms with Crippen molar-refractivity contribution >= 4 is 5.91 Å². The van der Waals surface area contributed by atoms with Crippen LogP contribution >= 0.6 is 0 Å². The molecule has 0 aliphatic carbocycles. The normalized spacial score (nSPS) is 20.0. The fourth-order valence-corrected chi connectivity index (χ4v) is 3.16. The number of amides is 1. The topological polar surface area (TPSA) is 50.4 Å². The van der Waals surface area contributed by atoms with E-state index in [2.05, 4.69) is 29.7 Å². The van der Waals surface area contributed by atoms with E-state index in [-0.39, 0.29) is 11.9 Å². The highest BCUT2D eigenvalue weighted by Crippen LogP contribution is 2.29. The summed E-state index contributed by atoms with van der Waals surface area (Å²) < 4.78 is 5.90. The summed E-state index contributed by atoms with van der Waals surface area (Å²) in [7, 11) is 0. The van der Waals surface area contributed by atoms with Crippen LogP contribution in [0.25, 0.3) is 11.1 Å². The first-order valence-electron chi connectivity index (χ1n) is 9.01. The van der Waals surface area contributed by atoms with E-state index >= 15 is 0 Å². The molecule has 132 valence electrons. The molecule has 3 rings (SSSR count). The molecule has 1 heterocycles. The van der Waals surface area contributed by atoms with Gasteiger partial charge in [0.05, 0.1) is 13.0 Å². The fraction of sp³-hybridized carbons (Fsp3) is 0.381. The summed E-state index contributed by atoms with van der Waals surface area (Å²) in [4.78, 5) is 12.2. The maximum absolute atomic E-state index is 12.2. The van der Waals surface area contributed by atoms with Crippen molar-refractivity contribution in [3.05, 3.63) is 54.6 Å². The minimum Gasteiger partial charge on any atom is -0.492 e. The van der Waals surface area contributed by atoms with Crippen LogP contribution in [0, 0.1) is 5.92 Å². The van der Waals surface area contributed by atoms with E-state index in [1.807, 2.05) is 42.5 Å². The van der Waals surface area contributed by atoms with Gasteiger partial charge in [-0.2, -0.15) is 0 Å². The van der Waals surface area contributed by atoms with Crippen molar-refractivity contribution < 1.29 is 9.53 Å². The van der Waals surface area contributed by atoms with Crippen molar-refractivity contribution in [3.63, 3.8) is 0 Å². The molecule has 1 aliphatic heterocycles. The molecule has 0 aromatic heterocycles. The van der Waals surface area contributed by atoms with Crippen molar-refractivity contribution in [3.8, 4) is 16.9 Å². The second-order valence-electron chi connectivity index (χ2n) is 6.60. The zero-order valence-electron chi connectivity index (χ0n) is 14.7. The molecule has 1 fully saturated rings. The van der Waals surface area contributed by atoms with E-state index in [0.29, 0.717) is 18.9 Å². The summed E-state index contributed by atoms with van der Waals surface area (Å²) >= 11 is 0. The second kappa shape index (κ2) is 8.67. The number of para-hydroxylation sites is 1. The number of hydrogen-bond donors (Lipinski definition) is 2. The lowest BCUT2D eigenvalue weighted by atomic mass is 9.95. The van der Waals surface area contributed by atoms with Gasteiger partial charge >= 0.3 is 0 Å². The third kappa shape index (κ3) is 4.83. The summed E-state index contributed by atoms with van der Waals surface area (Å²) in [5.74, 6) is 1.39. The Balaban J connectivity index is 1.53. The number of carbonyl (C=O) groups excluding carboxylic acids is 1. The van der Waals surface area contributed by atoms with Gasteiger partial charge in [0.25, 0.3) is 0 Å². The molecule has 2 aromatic carbocycles. The van der Waals surface area contributed by atoms with Crippen LogP contribution in [0.3, 0.4) is 0 Å². The summed E-state index contributed by atoms with van der Waals surface area (Å²) in [5.41, 5.74) is 2.17. The number of nitrogens with one attached hydrogen (secondary N) is 2. The maximum atomic E-state index is 12.2. The van der Waals surface area contributed by atoms with Gasteiger partial charge in [-0.1, -0.05) is 55.5 Å². The minimum atomic E-state index is 0.0535. The molecule has 4 nitrogen and oxygen atoms in total. The summed E-state index contributed by atoms with van der Waals surface area (Å²) in [5, 5.41) is 6.45. The van der Waals surface area contributed by atoms with E-state index < -0.39 is 0 Å². The Morgan fingerprint density at radius 2 is 1.92 bits per heavy atom. The molecule has 1 amide bonds. The van der Waals surface area contributed by atoms with E-state index in [1.165, 1.54) is 0 Å². The van der Waals surface area contributed by atoms with Gasteiger partial charge in [-0.15, -0.1) is 0 Å². The number of ether oxygens (including phenoxy) is 1. The first-order chi connectivity index (χ1) is 12.2. The van der Waals surface area contributed by atoms with Gasteiger partial charge in [-0.3, -0.25) is 4.79 Å². The van der Waals surface area contributed by atoms with Gasteiger partial charge < -0.3 is 15.4 Å². The Bertz CT molecular complexity index is 687. The van der Waals surface area contributed by atoms with Crippen molar-refractivity contribution in [2.75, 3.05) is 19.7 Å². The molecule has 25 heavy (non-hydrogen) atoms. The molecule has 0 saturated carbocycles. The molecule has 0 spiro atoms. The number of piperidine rings is 1. The van der Waals surface area contributed by atoms with Gasteiger partial charge in [0.1, 0.15) is 5.75 Å². The van der Waals surface area contributed by atoms with E-state index in [9.17, 15) is 4.79 Å². The van der Waals surface area contributed by atoms with Crippen LogP contribution in [0.2, 0.25) is 0 Å². The molecule has 0 radical (unpaired) electrons. The quantitative estimate of drug-likeness (QED) is 0.850. The van der Waals surface area contributed by atoms with Gasteiger partial charge in [0.15, 0.2) is 0 Å². The molecule has 2 atom stereocenters. The Morgan fingerprint density at radius 1 is 1.16 bits per heavy atom. The lowest BCUT2D eigenvalue weighted by Gasteiger charge is -2.30. The van der Waals surface area contributed by atoms with E-state index in [0.717, 1.165) is 36.4 Å². The third-order valence-corrected chi connectivity index (χ3v) is 4.73. The van der Waals surface area contributed by atoms with Gasteiger partial charge in [-0.25, -0.2) is 0 Å². The highest BCUT2D eigenvalue weighted by molar-refractivity contribution is 5.76. The molecule has 0 bridgehead atoms. The second-order valence-corrected chi connectivity index (χ2v) is 6.60. The van der Waals surface area contributed by atoms with Gasteiger partial charge in [0, 0.05) is 18.2 Å². The van der Waals surface area contributed by atoms with E-state index in [1.54, 1.807) is 0 Å². The highest BCUT2D eigenvalue weighted by Gasteiger charge is 2.22. The van der Waals surface area contributed by atoms with Crippen molar-refractivity contribution in [1.29, 1.82) is 0 Å². The van der Waals surface area contributed by atoms with Crippen molar-refractivity contribution in [2.24, 2.45) is 5.92 Å². The predicted octanol–water partition coefficient (Wildman–Crippen LogP) is 3.24. The Morgan fingerprint density at radius 3 is 2.72 bits per heavy atom. The van der Waals surface area contributed by atoms with Crippen LogP contribution in [0.15, 0.2) is 54.6 Å².